The molecule has 0 spiro atoms. The molecule has 116 valence electrons. The van der Waals surface area contributed by atoms with E-state index in [9.17, 15) is 8.42 Å². The molecule has 2 N–H and O–H groups in total. The Kier molecular flexibility index (Phi) is 3.16. The second kappa shape index (κ2) is 4.96. The topological polar surface area (TPSA) is 65.2 Å². The molecule has 0 unspecified atom stereocenters. The summed E-state index contributed by atoms with van der Waals surface area (Å²) in [6, 6.07) is 10.3. The molecule has 7 heteroatoms. The quantitative estimate of drug-likeness (QED) is 0.822. The van der Waals surface area contributed by atoms with Crippen LogP contribution in [-0.2, 0) is 16.3 Å². The maximum atomic E-state index is 11.8. The van der Waals surface area contributed by atoms with E-state index in [2.05, 4.69) is 28.5 Å². The summed E-state index contributed by atoms with van der Waals surface area (Å²) in [4.78, 5) is 5.44. The van der Waals surface area contributed by atoms with Gasteiger partial charge in [0.1, 0.15) is 0 Å². The van der Waals surface area contributed by atoms with Crippen LogP contribution in [0.1, 0.15) is 5.69 Å². The van der Waals surface area contributed by atoms with Crippen molar-refractivity contribution in [1.82, 2.24) is 15.2 Å². The first-order valence-corrected chi connectivity index (χ1v) is 9.59. The molecule has 2 aliphatic heterocycles. The zero-order valence-electron chi connectivity index (χ0n) is 12.0. The Hall–Kier alpha value is -1.60. The summed E-state index contributed by atoms with van der Waals surface area (Å²) in [6.07, 6.45) is 0.819. The number of benzene rings is 1. The van der Waals surface area contributed by atoms with E-state index in [1.165, 1.54) is 5.39 Å². The molecule has 2 aromatic rings. The number of hydrogen-bond acceptors (Lipinski definition) is 3. The molecule has 0 aliphatic carbocycles. The molecule has 3 heterocycles. The number of fused-ring (bicyclic) bond motifs is 2. The van der Waals surface area contributed by atoms with Gasteiger partial charge in [0.2, 0.25) is 0 Å². The van der Waals surface area contributed by atoms with Crippen LogP contribution in [0.2, 0.25) is 0 Å². The average molecular weight is 335 g/mol. The van der Waals surface area contributed by atoms with Gasteiger partial charge < -0.3 is 15.2 Å². The van der Waals surface area contributed by atoms with Crippen molar-refractivity contribution in [1.29, 1.82) is 0 Å². The Morgan fingerprint density at radius 3 is 2.91 bits per heavy atom. The van der Waals surface area contributed by atoms with Gasteiger partial charge in [0, 0.05) is 24.2 Å². The molecule has 0 saturated carbocycles. The summed E-state index contributed by atoms with van der Waals surface area (Å²) < 4.78 is 23.5. The van der Waals surface area contributed by atoms with Crippen LogP contribution in [0.3, 0.4) is 0 Å². The van der Waals surface area contributed by atoms with Crippen LogP contribution in [0.25, 0.3) is 10.9 Å². The number of aromatic nitrogens is 1. The summed E-state index contributed by atoms with van der Waals surface area (Å²) in [5.74, 6) is 0.401. The van der Waals surface area contributed by atoms with E-state index < -0.39 is 9.84 Å². The lowest BCUT2D eigenvalue weighted by molar-refractivity contribution is 0.357. The van der Waals surface area contributed by atoms with E-state index >= 15 is 0 Å². The fraction of sp³-hybridized carbons (Fsp3) is 0.400. The van der Waals surface area contributed by atoms with Crippen molar-refractivity contribution in [3.63, 3.8) is 0 Å². The van der Waals surface area contributed by atoms with E-state index in [-0.39, 0.29) is 23.6 Å². The number of sulfone groups is 1. The number of aromatic amines is 1. The molecule has 2 aliphatic rings. The number of nitrogens with one attached hydrogen (secondary N) is 2. The molecule has 0 amide bonds. The predicted octanol–water partition coefficient (Wildman–Crippen LogP) is 1.07. The molecule has 0 radical (unpaired) electrons. The SMILES string of the molecule is O=S1(=O)C[C@@H]2[C@@H](C1)NC(=S)N2CCc1cc2ccccc2[nH]1. The van der Waals surface area contributed by atoms with Crippen molar-refractivity contribution in [2.75, 3.05) is 18.1 Å². The molecule has 1 aromatic heterocycles. The van der Waals surface area contributed by atoms with Crippen LogP contribution in [-0.4, -0.2) is 53.5 Å². The molecule has 1 aromatic carbocycles. The van der Waals surface area contributed by atoms with Crippen molar-refractivity contribution in [2.45, 2.75) is 18.5 Å². The maximum absolute atomic E-state index is 11.8. The first kappa shape index (κ1) is 14.0. The molecule has 2 atom stereocenters. The largest absolute Gasteiger partial charge is 0.358 e. The third kappa shape index (κ3) is 2.38. The minimum atomic E-state index is -2.94. The molecule has 0 bridgehead atoms. The van der Waals surface area contributed by atoms with Gasteiger partial charge in [-0.25, -0.2) is 8.42 Å². The third-order valence-electron chi connectivity index (χ3n) is 4.50. The lowest BCUT2D eigenvalue weighted by atomic mass is 10.2. The number of nitrogens with zero attached hydrogens (tertiary/aromatic N) is 1. The summed E-state index contributed by atoms with van der Waals surface area (Å²) in [5, 5.41) is 5.03. The van der Waals surface area contributed by atoms with Crippen LogP contribution in [0.4, 0.5) is 0 Å². The lowest BCUT2D eigenvalue weighted by Gasteiger charge is -2.22. The van der Waals surface area contributed by atoms with Crippen molar-refractivity contribution in [3.05, 3.63) is 36.0 Å². The summed E-state index contributed by atoms with van der Waals surface area (Å²) in [5.41, 5.74) is 2.27. The fourth-order valence-electron chi connectivity index (χ4n) is 3.44. The second-order valence-corrected chi connectivity index (χ2v) is 8.57. The Balaban J connectivity index is 1.50. The number of H-pyrrole nitrogens is 1. The average Bonchev–Trinajstić information content (AvgIpc) is 3.06. The lowest BCUT2D eigenvalue weighted by Crippen LogP contribution is -2.38. The highest BCUT2D eigenvalue weighted by Crippen LogP contribution is 2.25. The zero-order valence-corrected chi connectivity index (χ0v) is 13.6. The van der Waals surface area contributed by atoms with Crippen LogP contribution < -0.4 is 5.32 Å². The Labute approximate surface area is 134 Å². The summed E-state index contributed by atoms with van der Waals surface area (Å²) >= 11 is 5.36. The van der Waals surface area contributed by atoms with Gasteiger partial charge in [-0.2, -0.15) is 0 Å². The molecule has 5 nitrogen and oxygen atoms in total. The molecular formula is C15H17N3O2S2. The smallest absolute Gasteiger partial charge is 0.169 e. The number of thiocarbonyl (C=S) groups is 1. The molecular weight excluding hydrogens is 318 g/mol. The Morgan fingerprint density at radius 2 is 2.09 bits per heavy atom. The van der Waals surface area contributed by atoms with Gasteiger partial charge in [-0.05, 0) is 29.7 Å². The molecule has 2 fully saturated rings. The Morgan fingerprint density at radius 1 is 1.27 bits per heavy atom. The van der Waals surface area contributed by atoms with E-state index in [4.69, 9.17) is 12.2 Å². The summed E-state index contributed by atoms with van der Waals surface area (Å²) in [7, 11) is -2.94. The molecule has 4 rings (SSSR count). The minimum absolute atomic E-state index is 0.0121. The highest BCUT2D eigenvalue weighted by Gasteiger charge is 2.46. The van der Waals surface area contributed by atoms with Crippen LogP contribution in [0, 0.1) is 0 Å². The van der Waals surface area contributed by atoms with Gasteiger partial charge >= 0.3 is 0 Å². The molecule has 22 heavy (non-hydrogen) atoms. The molecule has 2 saturated heterocycles. The number of para-hydroxylation sites is 1. The fourth-order valence-corrected chi connectivity index (χ4v) is 5.74. The van der Waals surface area contributed by atoms with E-state index in [1.807, 2.05) is 17.0 Å². The van der Waals surface area contributed by atoms with Crippen molar-refractivity contribution in [2.24, 2.45) is 0 Å². The van der Waals surface area contributed by atoms with Gasteiger partial charge in [0.05, 0.1) is 23.6 Å². The minimum Gasteiger partial charge on any atom is -0.358 e. The van der Waals surface area contributed by atoms with Gasteiger partial charge in [-0.15, -0.1) is 0 Å². The van der Waals surface area contributed by atoms with Gasteiger partial charge in [-0.1, -0.05) is 18.2 Å². The van der Waals surface area contributed by atoms with Crippen LogP contribution >= 0.6 is 12.2 Å². The van der Waals surface area contributed by atoms with E-state index in [0.717, 1.165) is 24.2 Å². The highest BCUT2D eigenvalue weighted by molar-refractivity contribution is 7.91. The summed E-state index contributed by atoms with van der Waals surface area (Å²) in [6.45, 7) is 0.731. The normalized spacial score (nSPS) is 26.4. The second-order valence-electron chi connectivity index (χ2n) is 6.03. The standard InChI is InChI=1S/C15H17N3O2S2/c19-22(20)8-13-14(9-22)18(15(21)17-13)6-5-11-7-10-3-1-2-4-12(10)16-11/h1-4,7,13-14,16H,5-6,8-9H2,(H,17,21)/t13-,14-/m1/s1. The van der Waals surface area contributed by atoms with Crippen LogP contribution in [0.5, 0.6) is 0 Å². The number of hydrogen-bond donors (Lipinski definition) is 2. The zero-order chi connectivity index (χ0) is 15.3. The van der Waals surface area contributed by atoms with Crippen molar-refractivity contribution < 1.29 is 8.42 Å². The van der Waals surface area contributed by atoms with Gasteiger partial charge in [0.25, 0.3) is 0 Å². The van der Waals surface area contributed by atoms with E-state index in [1.54, 1.807) is 0 Å². The van der Waals surface area contributed by atoms with Gasteiger partial charge in [0.15, 0.2) is 14.9 Å². The monoisotopic (exact) mass is 335 g/mol. The van der Waals surface area contributed by atoms with Crippen molar-refractivity contribution in [3.8, 4) is 0 Å². The maximum Gasteiger partial charge on any atom is 0.169 e. The van der Waals surface area contributed by atoms with E-state index in [0.29, 0.717) is 5.11 Å². The first-order valence-electron chi connectivity index (χ1n) is 7.36. The van der Waals surface area contributed by atoms with Gasteiger partial charge in [-0.3, -0.25) is 0 Å². The highest BCUT2D eigenvalue weighted by atomic mass is 32.2. The third-order valence-corrected chi connectivity index (χ3v) is 6.57. The van der Waals surface area contributed by atoms with Crippen molar-refractivity contribution >= 4 is 38.1 Å². The predicted molar refractivity (Wildman–Crippen MR) is 90.7 cm³/mol. The first-order chi connectivity index (χ1) is 10.5. The number of rotatable bonds is 3. The van der Waals surface area contributed by atoms with Crippen LogP contribution in [0.15, 0.2) is 30.3 Å². The Bertz CT molecular complexity index is 810.